The molecule has 5 heteroatoms. The predicted octanol–water partition coefficient (Wildman–Crippen LogP) is 2.84. The Bertz CT molecular complexity index is 609. The van der Waals surface area contributed by atoms with Gasteiger partial charge < -0.3 is 16.0 Å². The van der Waals surface area contributed by atoms with Crippen LogP contribution in [0, 0.1) is 5.92 Å². The van der Waals surface area contributed by atoms with Gasteiger partial charge in [-0.25, -0.2) is 0 Å². The summed E-state index contributed by atoms with van der Waals surface area (Å²) in [6, 6.07) is 8.94. The molecule has 1 aliphatic carbocycles. The number of hydrogen-bond donors (Lipinski definition) is 4. The van der Waals surface area contributed by atoms with Gasteiger partial charge in [-0.2, -0.15) is 12.6 Å². The molecular weight excluding hydrogens is 342 g/mol. The molecule has 3 N–H and O–H groups in total. The van der Waals surface area contributed by atoms with Crippen LogP contribution >= 0.6 is 12.6 Å². The highest BCUT2D eigenvalue weighted by atomic mass is 32.1. The maximum Gasteiger partial charge on any atom is 0.237 e. The summed E-state index contributed by atoms with van der Waals surface area (Å²) >= 11 is 4.54. The lowest BCUT2D eigenvalue weighted by Gasteiger charge is -2.30. The smallest absolute Gasteiger partial charge is 0.237 e. The average Bonchev–Trinajstić information content (AvgIpc) is 3.07. The first-order valence-electron chi connectivity index (χ1n) is 10.1. The summed E-state index contributed by atoms with van der Waals surface area (Å²) in [6.07, 6.45) is 5.33. The molecule has 2 aliphatic rings. The number of amides is 1. The predicted molar refractivity (Wildman–Crippen MR) is 111 cm³/mol. The summed E-state index contributed by atoms with van der Waals surface area (Å²) in [4.78, 5) is 13.1. The molecule has 1 aliphatic heterocycles. The third kappa shape index (κ3) is 4.81. The Morgan fingerprint density at radius 3 is 2.92 bits per heavy atom. The van der Waals surface area contributed by atoms with E-state index in [0.717, 1.165) is 45.2 Å². The molecule has 1 heterocycles. The van der Waals surface area contributed by atoms with Gasteiger partial charge in [-0.1, -0.05) is 44.5 Å². The molecule has 0 spiro atoms. The molecule has 0 radical (unpaired) electrons. The zero-order chi connectivity index (χ0) is 18.5. The fourth-order valence-corrected chi connectivity index (χ4v) is 4.54. The molecule has 26 heavy (non-hydrogen) atoms. The summed E-state index contributed by atoms with van der Waals surface area (Å²) < 4.78 is 0. The second kappa shape index (κ2) is 9.25. The number of carbonyl (C=O) groups excluding carboxylic acids is 1. The van der Waals surface area contributed by atoms with Crippen molar-refractivity contribution in [2.24, 2.45) is 5.92 Å². The minimum absolute atomic E-state index is 0.140. The molecule has 0 saturated carbocycles. The van der Waals surface area contributed by atoms with Crippen molar-refractivity contribution >= 4 is 18.5 Å². The van der Waals surface area contributed by atoms with E-state index in [1.807, 2.05) is 0 Å². The zero-order valence-electron chi connectivity index (χ0n) is 16.0. The van der Waals surface area contributed by atoms with Gasteiger partial charge in [0.2, 0.25) is 5.91 Å². The van der Waals surface area contributed by atoms with Crippen molar-refractivity contribution in [3.63, 3.8) is 0 Å². The van der Waals surface area contributed by atoms with E-state index >= 15 is 0 Å². The second-order valence-corrected chi connectivity index (χ2v) is 8.65. The minimum atomic E-state index is -0.144. The van der Waals surface area contributed by atoms with Gasteiger partial charge in [-0.3, -0.25) is 4.79 Å². The Morgan fingerprint density at radius 2 is 2.19 bits per heavy atom. The van der Waals surface area contributed by atoms with Crippen LogP contribution < -0.4 is 16.0 Å². The average molecular weight is 376 g/mol. The first-order valence-corrected chi connectivity index (χ1v) is 10.6. The van der Waals surface area contributed by atoms with Crippen molar-refractivity contribution in [3.05, 3.63) is 35.4 Å². The summed E-state index contributed by atoms with van der Waals surface area (Å²) in [5.41, 5.74) is 2.68. The number of hydrogen-bond acceptors (Lipinski definition) is 4. The van der Waals surface area contributed by atoms with E-state index in [1.54, 1.807) is 0 Å². The van der Waals surface area contributed by atoms with Crippen LogP contribution in [0.5, 0.6) is 0 Å². The topological polar surface area (TPSA) is 53.2 Å². The SMILES string of the molecule is CCC(C)[C@H](NCC1CC(S)CN1)C(=O)NC1CCCc2ccccc21. The summed E-state index contributed by atoms with van der Waals surface area (Å²) in [7, 11) is 0. The maximum atomic E-state index is 13.1. The van der Waals surface area contributed by atoms with Crippen molar-refractivity contribution in [3.8, 4) is 0 Å². The van der Waals surface area contributed by atoms with Gasteiger partial charge in [0.05, 0.1) is 12.1 Å². The zero-order valence-corrected chi connectivity index (χ0v) is 16.9. The second-order valence-electron chi connectivity index (χ2n) is 7.92. The molecule has 1 saturated heterocycles. The van der Waals surface area contributed by atoms with Crippen LogP contribution in [0.4, 0.5) is 0 Å². The highest BCUT2D eigenvalue weighted by molar-refractivity contribution is 7.81. The first kappa shape index (κ1) is 19.7. The first-order chi connectivity index (χ1) is 12.6. The van der Waals surface area contributed by atoms with E-state index in [1.165, 1.54) is 11.1 Å². The Morgan fingerprint density at radius 1 is 1.38 bits per heavy atom. The fourth-order valence-electron chi connectivity index (χ4n) is 4.18. The van der Waals surface area contributed by atoms with Crippen molar-refractivity contribution in [2.75, 3.05) is 13.1 Å². The monoisotopic (exact) mass is 375 g/mol. The number of aryl methyl sites for hydroxylation is 1. The molecular formula is C21H33N3OS. The van der Waals surface area contributed by atoms with Gasteiger partial charge in [0.1, 0.15) is 0 Å². The van der Waals surface area contributed by atoms with Gasteiger partial charge in [0.15, 0.2) is 0 Å². The van der Waals surface area contributed by atoms with E-state index in [4.69, 9.17) is 0 Å². The van der Waals surface area contributed by atoms with Crippen LogP contribution in [-0.4, -0.2) is 36.3 Å². The highest BCUT2D eigenvalue weighted by Crippen LogP contribution is 2.29. The van der Waals surface area contributed by atoms with E-state index in [-0.39, 0.29) is 18.0 Å². The van der Waals surface area contributed by atoms with Crippen LogP contribution in [0.15, 0.2) is 24.3 Å². The molecule has 144 valence electrons. The van der Waals surface area contributed by atoms with Gasteiger partial charge in [-0.05, 0) is 42.7 Å². The third-order valence-corrected chi connectivity index (χ3v) is 6.36. The number of benzene rings is 1. The van der Waals surface area contributed by atoms with Crippen LogP contribution in [0.3, 0.4) is 0 Å². The summed E-state index contributed by atoms with van der Waals surface area (Å²) in [5.74, 6) is 0.448. The molecule has 4 unspecified atom stereocenters. The summed E-state index contributed by atoms with van der Waals surface area (Å²) in [5, 5.41) is 10.8. The van der Waals surface area contributed by atoms with E-state index < -0.39 is 0 Å². The molecule has 0 bridgehead atoms. The van der Waals surface area contributed by atoms with Crippen LogP contribution in [-0.2, 0) is 11.2 Å². The van der Waals surface area contributed by atoms with Gasteiger partial charge in [0, 0.05) is 24.4 Å². The van der Waals surface area contributed by atoms with E-state index in [9.17, 15) is 4.79 Å². The molecule has 1 aromatic carbocycles. The molecule has 1 aromatic rings. The lowest BCUT2D eigenvalue weighted by molar-refractivity contribution is -0.125. The summed E-state index contributed by atoms with van der Waals surface area (Å²) in [6.45, 7) is 6.09. The van der Waals surface area contributed by atoms with Crippen molar-refractivity contribution in [1.82, 2.24) is 16.0 Å². The number of fused-ring (bicyclic) bond motifs is 1. The molecule has 4 nitrogen and oxygen atoms in total. The maximum absolute atomic E-state index is 13.1. The molecule has 5 atom stereocenters. The van der Waals surface area contributed by atoms with Crippen LogP contribution in [0.25, 0.3) is 0 Å². The number of nitrogens with one attached hydrogen (secondary N) is 3. The highest BCUT2D eigenvalue weighted by Gasteiger charge is 2.29. The Kier molecular flexibility index (Phi) is 7.01. The van der Waals surface area contributed by atoms with E-state index in [0.29, 0.717) is 17.2 Å². The largest absolute Gasteiger partial charge is 0.348 e. The lowest BCUT2D eigenvalue weighted by atomic mass is 9.87. The molecule has 1 amide bonds. The van der Waals surface area contributed by atoms with Crippen LogP contribution in [0.2, 0.25) is 0 Å². The third-order valence-electron chi connectivity index (χ3n) is 5.96. The van der Waals surface area contributed by atoms with Crippen molar-refractivity contribution < 1.29 is 4.79 Å². The fraction of sp³-hybridized carbons (Fsp3) is 0.667. The standard InChI is InChI=1S/C21H33N3OS/c1-3-14(2)20(23-12-16-11-17(26)13-22-16)21(25)24-19-10-6-8-15-7-4-5-9-18(15)19/h4-5,7,9,14,16-17,19-20,22-23,26H,3,6,8,10-13H2,1-2H3,(H,24,25)/t14?,16?,17?,19?,20-/m0/s1. The Labute approximate surface area is 163 Å². The van der Waals surface area contributed by atoms with Crippen molar-refractivity contribution in [1.29, 1.82) is 0 Å². The lowest BCUT2D eigenvalue weighted by Crippen LogP contribution is -2.51. The number of rotatable bonds is 7. The normalized spacial score (nSPS) is 27.6. The quantitative estimate of drug-likeness (QED) is 0.555. The van der Waals surface area contributed by atoms with Gasteiger partial charge in [-0.15, -0.1) is 0 Å². The van der Waals surface area contributed by atoms with Crippen LogP contribution in [0.1, 0.15) is 56.7 Å². The molecule has 1 fully saturated rings. The van der Waals surface area contributed by atoms with E-state index in [2.05, 4.69) is 66.7 Å². The number of thiol groups is 1. The number of carbonyl (C=O) groups is 1. The van der Waals surface area contributed by atoms with Gasteiger partial charge in [0.25, 0.3) is 0 Å². The minimum Gasteiger partial charge on any atom is -0.348 e. The molecule has 0 aromatic heterocycles. The van der Waals surface area contributed by atoms with Crippen molar-refractivity contribution in [2.45, 2.75) is 69.3 Å². The molecule has 3 rings (SSSR count). The Hall–Kier alpha value is -1.04. The van der Waals surface area contributed by atoms with Gasteiger partial charge >= 0.3 is 0 Å². The Balaban J connectivity index is 1.62.